The van der Waals surface area contributed by atoms with Gasteiger partial charge in [0.25, 0.3) is 23.6 Å². The molecule has 0 aliphatic carbocycles. The van der Waals surface area contributed by atoms with E-state index in [0.717, 1.165) is 96.3 Å². The van der Waals surface area contributed by atoms with Crippen molar-refractivity contribution in [2.24, 2.45) is 5.41 Å². The molecule has 0 saturated carbocycles. The predicted molar refractivity (Wildman–Crippen MR) is 198 cm³/mol. The van der Waals surface area contributed by atoms with Crippen molar-refractivity contribution in [1.82, 2.24) is 21.7 Å². The van der Waals surface area contributed by atoms with Gasteiger partial charge in [-0.3, -0.25) is 40.9 Å². The molecule has 10 heteroatoms. The third kappa shape index (κ3) is 13.7. The summed E-state index contributed by atoms with van der Waals surface area (Å²) in [6, 6.07) is 9.81. The molecule has 278 valence electrons. The summed E-state index contributed by atoms with van der Waals surface area (Å²) in [5.74, 6) is -3.25. The number of phenolic OH excluding ortho intramolecular Hbond substituents is 2. The van der Waals surface area contributed by atoms with Gasteiger partial charge in [0.1, 0.15) is 16.9 Å². The van der Waals surface area contributed by atoms with E-state index in [1.807, 2.05) is 0 Å². The zero-order valence-corrected chi connectivity index (χ0v) is 30.9. The molecule has 0 heterocycles. The zero-order chi connectivity index (χ0) is 36.8. The Hall–Kier alpha value is -4.08. The van der Waals surface area contributed by atoms with Gasteiger partial charge in [-0.05, 0) is 62.3 Å². The van der Waals surface area contributed by atoms with E-state index in [1.165, 1.54) is 19.1 Å². The number of carbonyl (C=O) groups excluding carboxylic acids is 4. The van der Waals surface area contributed by atoms with Gasteiger partial charge in [0, 0.05) is 0 Å². The van der Waals surface area contributed by atoms with E-state index in [9.17, 15) is 29.4 Å². The first-order chi connectivity index (χ1) is 24.1. The molecule has 50 heavy (non-hydrogen) atoms. The third-order valence-corrected chi connectivity index (χ3v) is 9.42. The number of nitrogens with one attached hydrogen (secondary N) is 4. The second-order valence-electron chi connectivity index (χ2n) is 13.6. The van der Waals surface area contributed by atoms with Crippen LogP contribution in [0, 0.1) is 5.41 Å². The highest BCUT2D eigenvalue weighted by molar-refractivity contribution is 6.07. The predicted octanol–water partition coefficient (Wildman–Crippen LogP) is 8.10. The smallest absolute Gasteiger partial charge is 0.273 e. The van der Waals surface area contributed by atoms with Gasteiger partial charge in [0.05, 0.1) is 11.1 Å². The van der Waals surface area contributed by atoms with Crippen molar-refractivity contribution in [3.05, 3.63) is 58.7 Å². The van der Waals surface area contributed by atoms with E-state index < -0.39 is 29.0 Å². The third-order valence-electron chi connectivity index (χ3n) is 9.42. The SMILES string of the molecule is CCCCCCCCC(C)(C(=O)NNC(=O)c1c(O)cccc1CCCCCCC)C(=O)NNC(=O)c1c(O)cccc1CCCCCCC. The largest absolute Gasteiger partial charge is 0.507 e. The number of benzene rings is 2. The average Bonchev–Trinajstić information content (AvgIpc) is 3.10. The molecule has 0 atom stereocenters. The van der Waals surface area contributed by atoms with E-state index in [4.69, 9.17) is 0 Å². The molecular weight excluding hydrogens is 632 g/mol. The van der Waals surface area contributed by atoms with E-state index in [2.05, 4.69) is 42.5 Å². The summed E-state index contributed by atoms with van der Waals surface area (Å²) in [6.07, 6.45) is 17.4. The minimum atomic E-state index is -1.66. The lowest BCUT2D eigenvalue weighted by atomic mass is 9.82. The molecule has 0 aromatic heterocycles. The Morgan fingerprint density at radius 1 is 0.520 bits per heavy atom. The highest BCUT2D eigenvalue weighted by atomic mass is 16.3. The maximum Gasteiger partial charge on any atom is 0.273 e. The summed E-state index contributed by atoms with van der Waals surface area (Å²) in [4.78, 5) is 53.9. The molecule has 0 saturated heterocycles. The van der Waals surface area contributed by atoms with Crippen molar-refractivity contribution < 1.29 is 29.4 Å². The van der Waals surface area contributed by atoms with Crippen LogP contribution in [0.4, 0.5) is 0 Å². The number of phenols is 2. The number of hydrogen-bond donors (Lipinski definition) is 6. The Kier molecular flexibility index (Phi) is 19.7. The van der Waals surface area contributed by atoms with E-state index >= 15 is 0 Å². The van der Waals surface area contributed by atoms with Gasteiger partial charge in [-0.15, -0.1) is 0 Å². The first kappa shape index (κ1) is 42.1. The highest BCUT2D eigenvalue weighted by Crippen LogP contribution is 2.27. The number of carbonyl (C=O) groups is 4. The molecule has 0 aliphatic rings. The van der Waals surface area contributed by atoms with Crippen LogP contribution in [0.5, 0.6) is 11.5 Å². The molecule has 2 aromatic rings. The lowest BCUT2D eigenvalue weighted by Crippen LogP contribution is -2.57. The molecule has 2 rings (SSSR count). The molecule has 0 fully saturated rings. The fourth-order valence-corrected chi connectivity index (χ4v) is 6.17. The standard InChI is InChI=1S/C40H62N4O6/c1-5-8-11-14-17-20-29-40(4,38(49)43-41-36(47)34-30(25-21-27-32(34)45)23-18-15-12-9-6-2)39(50)44-42-37(48)35-31(26-22-28-33(35)46)24-19-16-13-10-7-3/h21-22,25-28,45-46H,5-20,23-24,29H2,1-4H3,(H,41,47)(H,42,48)(H,43,49)(H,44,50). The number of aryl methyl sites for hydroxylation is 2. The Labute approximate surface area is 299 Å². The normalized spacial score (nSPS) is 11.2. The lowest BCUT2D eigenvalue weighted by Gasteiger charge is -2.27. The van der Waals surface area contributed by atoms with Crippen LogP contribution in [-0.4, -0.2) is 33.8 Å². The maximum atomic E-state index is 13.7. The van der Waals surface area contributed by atoms with Crippen LogP contribution < -0.4 is 21.7 Å². The Balaban J connectivity index is 2.15. The number of hydrazine groups is 2. The fraction of sp³-hybridized carbons (Fsp3) is 0.600. The number of hydrogen-bond acceptors (Lipinski definition) is 6. The van der Waals surface area contributed by atoms with Gasteiger partial charge >= 0.3 is 0 Å². The van der Waals surface area contributed by atoms with Crippen LogP contribution in [0.1, 0.15) is 169 Å². The van der Waals surface area contributed by atoms with Crippen LogP contribution in [0.2, 0.25) is 0 Å². The first-order valence-corrected chi connectivity index (χ1v) is 18.9. The second-order valence-corrected chi connectivity index (χ2v) is 13.6. The van der Waals surface area contributed by atoms with Gasteiger partial charge in [-0.2, -0.15) is 0 Å². The highest BCUT2D eigenvalue weighted by Gasteiger charge is 2.41. The summed E-state index contributed by atoms with van der Waals surface area (Å²) in [5, 5.41) is 21.1. The molecule has 4 amide bonds. The van der Waals surface area contributed by atoms with Gasteiger partial charge in [0.2, 0.25) is 0 Å². The first-order valence-electron chi connectivity index (χ1n) is 18.9. The van der Waals surface area contributed by atoms with E-state index in [-0.39, 0.29) is 29.0 Å². The molecule has 2 aromatic carbocycles. The van der Waals surface area contributed by atoms with Crippen molar-refractivity contribution in [3.8, 4) is 11.5 Å². The monoisotopic (exact) mass is 694 g/mol. The quantitative estimate of drug-likeness (QED) is 0.0392. The van der Waals surface area contributed by atoms with E-state index in [1.54, 1.807) is 24.3 Å². The summed E-state index contributed by atoms with van der Waals surface area (Å²) in [7, 11) is 0. The van der Waals surface area contributed by atoms with Crippen LogP contribution in [0.15, 0.2) is 36.4 Å². The number of rotatable bonds is 23. The molecule has 0 bridgehead atoms. The molecule has 0 aliphatic heterocycles. The Morgan fingerprint density at radius 3 is 1.28 bits per heavy atom. The molecule has 0 unspecified atom stereocenters. The number of unbranched alkanes of at least 4 members (excludes halogenated alkanes) is 13. The molecule has 0 spiro atoms. The summed E-state index contributed by atoms with van der Waals surface area (Å²) in [5.41, 5.74) is 9.50. The number of aromatic hydroxyl groups is 2. The summed E-state index contributed by atoms with van der Waals surface area (Å²) < 4.78 is 0. The van der Waals surface area contributed by atoms with Crippen LogP contribution in [0.25, 0.3) is 0 Å². The van der Waals surface area contributed by atoms with Crippen LogP contribution in [0.3, 0.4) is 0 Å². The zero-order valence-electron chi connectivity index (χ0n) is 30.9. The topological polar surface area (TPSA) is 157 Å². The van der Waals surface area contributed by atoms with Crippen LogP contribution in [-0.2, 0) is 22.4 Å². The summed E-state index contributed by atoms with van der Waals surface area (Å²) >= 11 is 0. The van der Waals surface area contributed by atoms with Crippen molar-refractivity contribution in [2.75, 3.05) is 0 Å². The van der Waals surface area contributed by atoms with Crippen molar-refractivity contribution in [3.63, 3.8) is 0 Å². The minimum Gasteiger partial charge on any atom is -0.507 e. The number of amides is 4. The Bertz CT molecular complexity index is 1270. The van der Waals surface area contributed by atoms with Gasteiger partial charge < -0.3 is 10.2 Å². The molecule has 10 nitrogen and oxygen atoms in total. The second kappa shape index (κ2) is 23.3. The molecular formula is C40H62N4O6. The minimum absolute atomic E-state index is 0.0847. The average molecular weight is 695 g/mol. The summed E-state index contributed by atoms with van der Waals surface area (Å²) in [6.45, 7) is 7.90. The van der Waals surface area contributed by atoms with Gasteiger partial charge in [0.15, 0.2) is 0 Å². The van der Waals surface area contributed by atoms with Gasteiger partial charge in [-0.1, -0.05) is 135 Å². The van der Waals surface area contributed by atoms with E-state index in [0.29, 0.717) is 30.4 Å². The van der Waals surface area contributed by atoms with Crippen molar-refractivity contribution >= 4 is 23.6 Å². The molecule has 0 radical (unpaired) electrons. The maximum absolute atomic E-state index is 13.7. The lowest BCUT2D eigenvalue weighted by molar-refractivity contribution is -0.144. The Morgan fingerprint density at radius 2 is 0.880 bits per heavy atom. The van der Waals surface area contributed by atoms with Crippen LogP contribution >= 0.6 is 0 Å². The molecule has 6 N–H and O–H groups in total. The van der Waals surface area contributed by atoms with Crippen molar-refractivity contribution in [1.29, 1.82) is 0 Å². The van der Waals surface area contributed by atoms with Gasteiger partial charge in [-0.25, -0.2) is 0 Å². The van der Waals surface area contributed by atoms with Crippen molar-refractivity contribution in [2.45, 2.75) is 150 Å². The fourth-order valence-electron chi connectivity index (χ4n) is 6.17.